The molecule has 1 saturated heterocycles. The molecular weight excluding hydrogens is 459 g/mol. The molecule has 1 fully saturated rings. The number of rotatable bonds is 7. The van der Waals surface area contributed by atoms with Gasteiger partial charge in [-0.15, -0.1) is 0 Å². The monoisotopic (exact) mass is 486 g/mol. The quantitative estimate of drug-likeness (QED) is 0.399. The van der Waals surface area contributed by atoms with Gasteiger partial charge in [0.2, 0.25) is 0 Å². The van der Waals surface area contributed by atoms with E-state index in [-0.39, 0.29) is 16.8 Å². The van der Waals surface area contributed by atoms with Crippen LogP contribution in [0.4, 0.5) is 26.4 Å². The molecule has 180 valence electrons. The van der Waals surface area contributed by atoms with Gasteiger partial charge in [-0.1, -0.05) is 38.4 Å². The Kier molecular flexibility index (Phi) is 6.53. The topological polar surface area (TPSA) is 76.6 Å². The van der Waals surface area contributed by atoms with Crippen molar-refractivity contribution in [2.45, 2.75) is 52.2 Å². The van der Waals surface area contributed by atoms with Crippen LogP contribution in [0, 0.1) is 11.7 Å². The first-order chi connectivity index (χ1) is 16.2. The fourth-order valence-electron chi connectivity index (χ4n) is 4.68. The first-order valence-corrected chi connectivity index (χ1v) is 11.6. The van der Waals surface area contributed by atoms with Crippen molar-refractivity contribution < 1.29 is 18.7 Å². The van der Waals surface area contributed by atoms with Gasteiger partial charge in [0.05, 0.1) is 35.1 Å². The van der Waals surface area contributed by atoms with E-state index in [1.54, 1.807) is 36.3 Å². The second kappa shape index (κ2) is 9.25. The Hall–Kier alpha value is -3.13. The molecule has 3 aromatic rings. The van der Waals surface area contributed by atoms with E-state index < -0.39 is 17.5 Å². The number of carbonyl (C=O) groups is 1. The summed E-state index contributed by atoms with van der Waals surface area (Å²) in [6.07, 6.45) is 2.38. The predicted octanol–water partition coefficient (Wildman–Crippen LogP) is 6.71. The summed E-state index contributed by atoms with van der Waals surface area (Å²) in [5.41, 5.74) is 0.685. The molecule has 2 heterocycles. The van der Waals surface area contributed by atoms with Gasteiger partial charge in [0.1, 0.15) is 23.5 Å². The molecule has 0 bridgehead atoms. The number of fused-ring (bicyclic) bond motifs is 1. The lowest BCUT2D eigenvalue weighted by Crippen LogP contribution is -2.44. The van der Waals surface area contributed by atoms with Crippen LogP contribution in [0.25, 0.3) is 10.9 Å². The van der Waals surface area contributed by atoms with Gasteiger partial charge in [-0.3, -0.25) is 4.90 Å². The smallest absolute Gasteiger partial charge is 0.415 e. The minimum Gasteiger partial charge on any atom is -0.494 e. The van der Waals surface area contributed by atoms with Crippen molar-refractivity contribution in [1.29, 1.82) is 0 Å². The Morgan fingerprint density at radius 2 is 2.09 bits per heavy atom. The van der Waals surface area contributed by atoms with E-state index in [0.29, 0.717) is 40.5 Å². The largest absolute Gasteiger partial charge is 0.494 e. The van der Waals surface area contributed by atoms with Crippen molar-refractivity contribution in [3.05, 3.63) is 47.5 Å². The van der Waals surface area contributed by atoms with Gasteiger partial charge in [0.25, 0.3) is 0 Å². The van der Waals surface area contributed by atoms with E-state index >= 15 is 0 Å². The number of anilines is 3. The second-order valence-corrected chi connectivity index (χ2v) is 9.33. The number of aromatic nitrogens is 2. The van der Waals surface area contributed by atoms with E-state index in [1.165, 1.54) is 12.4 Å². The number of nitrogens with zero attached hydrogens (tertiary/aromatic N) is 3. The van der Waals surface area contributed by atoms with Crippen LogP contribution in [-0.4, -0.2) is 34.8 Å². The van der Waals surface area contributed by atoms with E-state index in [1.807, 2.05) is 13.8 Å². The number of cyclic esters (lactones) is 1. The van der Waals surface area contributed by atoms with Gasteiger partial charge >= 0.3 is 6.09 Å². The number of amides is 1. The van der Waals surface area contributed by atoms with Crippen molar-refractivity contribution >= 4 is 45.8 Å². The summed E-state index contributed by atoms with van der Waals surface area (Å²) in [6, 6.07) is 7.97. The van der Waals surface area contributed by atoms with Crippen molar-refractivity contribution in [1.82, 2.24) is 9.97 Å². The zero-order valence-corrected chi connectivity index (χ0v) is 20.6. The lowest BCUT2D eigenvalue weighted by Gasteiger charge is -2.33. The molecule has 1 N–H and O–H groups in total. The van der Waals surface area contributed by atoms with Crippen molar-refractivity contribution in [2.24, 2.45) is 5.92 Å². The maximum Gasteiger partial charge on any atom is 0.415 e. The average molecular weight is 487 g/mol. The Morgan fingerprint density at radius 3 is 2.76 bits per heavy atom. The first kappa shape index (κ1) is 24.0. The van der Waals surface area contributed by atoms with Crippen LogP contribution in [0.2, 0.25) is 5.02 Å². The van der Waals surface area contributed by atoms with Gasteiger partial charge < -0.3 is 14.8 Å². The number of carbonyl (C=O) groups excluding carboxylic acids is 1. The molecule has 9 heteroatoms. The molecule has 4 rings (SSSR count). The van der Waals surface area contributed by atoms with E-state index in [2.05, 4.69) is 29.1 Å². The van der Waals surface area contributed by atoms with Crippen LogP contribution in [0.5, 0.6) is 5.75 Å². The van der Waals surface area contributed by atoms with Gasteiger partial charge in [0.15, 0.2) is 5.82 Å². The van der Waals surface area contributed by atoms with Gasteiger partial charge in [-0.2, -0.15) is 0 Å². The molecule has 2 atom stereocenters. The van der Waals surface area contributed by atoms with E-state index in [4.69, 9.17) is 21.1 Å². The number of hydrogen-bond acceptors (Lipinski definition) is 6. The third-order valence-electron chi connectivity index (χ3n) is 6.39. The standard InChI is InChI=1S/C25H28ClFN4O3/c1-6-25(12-14(2)3)15(4)31(24(32)34-25)20-10-16-19(11-21(20)33-5)28-13-29-23(16)30-18-9-7-8-17(26)22(18)27/h7-11,13-15H,6,12H2,1-5H3,(H,28,29,30). The van der Waals surface area contributed by atoms with Gasteiger partial charge in [0, 0.05) is 11.5 Å². The minimum atomic E-state index is -0.608. The second-order valence-electron chi connectivity index (χ2n) is 8.92. The summed E-state index contributed by atoms with van der Waals surface area (Å²) in [4.78, 5) is 23.4. The molecule has 1 amide bonds. The fraction of sp³-hybridized carbons (Fsp3) is 0.400. The third-order valence-corrected chi connectivity index (χ3v) is 6.68. The van der Waals surface area contributed by atoms with Crippen LogP contribution in [0.15, 0.2) is 36.7 Å². The van der Waals surface area contributed by atoms with Gasteiger partial charge in [-0.25, -0.2) is 19.2 Å². The Labute approximate surface area is 203 Å². The molecule has 34 heavy (non-hydrogen) atoms. The highest BCUT2D eigenvalue weighted by molar-refractivity contribution is 6.31. The SMILES string of the molecule is CCC1(CC(C)C)OC(=O)N(c2cc3c(Nc4cccc(Cl)c4F)ncnc3cc2OC)C1C. The third kappa shape index (κ3) is 4.11. The number of halogens is 2. The molecule has 2 aromatic carbocycles. The highest BCUT2D eigenvalue weighted by atomic mass is 35.5. The minimum absolute atomic E-state index is 0.000384. The number of methoxy groups -OCH3 is 1. The molecule has 0 aliphatic carbocycles. The molecule has 1 aliphatic heterocycles. The highest BCUT2D eigenvalue weighted by Gasteiger charge is 2.51. The fourth-order valence-corrected chi connectivity index (χ4v) is 4.85. The number of hydrogen-bond donors (Lipinski definition) is 1. The van der Waals surface area contributed by atoms with Crippen molar-refractivity contribution in [2.75, 3.05) is 17.3 Å². The lowest BCUT2D eigenvalue weighted by molar-refractivity contribution is 0.0188. The number of ether oxygens (including phenoxy) is 2. The summed E-state index contributed by atoms with van der Waals surface area (Å²) in [6.45, 7) is 8.24. The Balaban J connectivity index is 1.83. The lowest BCUT2D eigenvalue weighted by atomic mass is 9.84. The van der Waals surface area contributed by atoms with Crippen LogP contribution in [0.1, 0.15) is 40.5 Å². The average Bonchev–Trinajstić information content (AvgIpc) is 3.05. The Morgan fingerprint density at radius 1 is 1.32 bits per heavy atom. The number of nitrogens with one attached hydrogen (secondary N) is 1. The molecule has 2 unspecified atom stereocenters. The molecule has 1 aliphatic rings. The molecule has 1 aromatic heterocycles. The number of benzene rings is 2. The maximum atomic E-state index is 14.5. The summed E-state index contributed by atoms with van der Waals surface area (Å²) in [7, 11) is 1.54. The molecule has 0 radical (unpaired) electrons. The van der Waals surface area contributed by atoms with Crippen LogP contribution >= 0.6 is 11.6 Å². The first-order valence-electron chi connectivity index (χ1n) is 11.3. The van der Waals surface area contributed by atoms with Crippen LogP contribution in [0.3, 0.4) is 0 Å². The van der Waals surface area contributed by atoms with Crippen LogP contribution in [-0.2, 0) is 4.74 Å². The molecule has 7 nitrogen and oxygen atoms in total. The van der Waals surface area contributed by atoms with E-state index in [9.17, 15) is 9.18 Å². The predicted molar refractivity (Wildman–Crippen MR) is 132 cm³/mol. The Bertz CT molecular complexity index is 1240. The summed E-state index contributed by atoms with van der Waals surface area (Å²) < 4.78 is 26.1. The zero-order valence-electron chi connectivity index (χ0n) is 19.9. The zero-order chi connectivity index (χ0) is 24.6. The molecular formula is C25H28ClFN4O3. The molecule has 0 saturated carbocycles. The normalized spacial score (nSPS) is 20.2. The van der Waals surface area contributed by atoms with E-state index in [0.717, 1.165) is 6.42 Å². The van der Waals surface area contributed by atoms with Crippen LogP contribution < -0.4 is 15.0 Å². The summed E-state index contributed by atoms with van der Waals surface area (Å²) in [5.74, 6) is 0.624. The van der Waals surface area contributed by atoms with Gasteiger partial charge in [-0.05, 0) is 43.9 Å². The molecule has 0 spiro atoms. The van der Waals surface area contributed by atoms with Crippen molar-refractivity contribution in [3.8, 4) is 5.75 Å². The maximum absolute atomic E-state index is 14.5. The summed E-state index contributed by atoms with van der Waals surface area (Å²) in [5, 5.41) is 3.59. The highest BCUT2D eigenvalue weighted by Crippen LogP contribution is 2.44. The van der Waals surface area contributed by atoms with Crippen molar-refractivity contribution in [3.63, 3.8) is 0 Å². The summed E-state index contributed by atoms with van der Waals surface area (Å²) >= 11 is 5.94.